The molecule has 0 bridgehead atoms. The lowest BCUT2D eigenvalue weighted by Crippen LogP contribution is -2.26. The van der Waals surface area contributed by atoms with Crippen LogP contribution in [-0.2, 0) is 0 Å². The van der Waals surface area contributed by atoms with Gasteiger partial charge in [0.15, 0.2) is 0 Å². The van der Waals surface area contributed by atoms with Gasteiger partial charge in [0.2, 0.25) is 0 Å². The van der Waals surface area contributed by atoms with E-state index in [2.05, 4.69) is 16.9 Å². The normalized spacial score (nSPS) is 18.2. The van der Waals surface area contributed by atoms with Crippen LogP contribution in [0.25, 0.3) is 5.70 Å². The van der Waals surface area contributed by atoms with Crippen LogP contribution < -0.4 is 10.9 Å². The fourth-order valence-corrected chi connectivity index (χ4v) is 2.11. The number of benzene rings is 2. The number of hydrogen-bond donors (Lipinski definition) is 3. The fraction of sp³-hybridized carbons (Fsp3) is 0.0667. The van der Waals surface area contributed by atoms with E-state index in [4.69, 9.17) is 0 Å². The van der Waals surface area contributed by atoms with E-state index in [1.54, 1.807) is 6.07 Å². The number of rotatable bonds is 2. The summed E-state index contributed by atoms with van der Waals surface area (Å²) < 4.78 is 0. The number of para-hydroxylation sites is 1. The molecule has 0 radical (unpaired) electrons. The van der Waals surface area contributed by atoms with Gasteiger partial charge in [0.25, 0.3) is 0 Å². The zero-order chi connectivity index (χ0) is 12.4. The van der Waals surface area contributed by atoms with Crippen molar-refractivity contribution < 1.29 is 5.11 Å². The third-order valence-electron chi connectivity index (χ3n) is 3.05. The van der Waals surface area contributed by atoms with Crippen LogP contribution in [0.3, 0.4) is 0 Å². The zero-order valence-corrected chi connectivity index (χ0v) is 9.80. The van der Waals surface area contributed by atoms with Gasteiger partial charge in [0.1, 0.15) is 5.75 Å². The summed E-state index contributed by atoms with van der Waals surface area (Å²) in [6.45, 7) is 0. The van der Waals surface area contributed by atoms with Crippen LogP contribution in [0.5, 0.6) is 5.75 Å². The van der Waals surface area contributed by atoms with Gasteiger partial charge in [-0.05, 0) is 17.7 Å². The minimum Gasteiger partial charge on any atom is -0.508 e. The van der Waals surface area contributed by atoms with Crippen LogP contribution in [0.1, 0.15) is 17.2 Å². The maximum atomic E-state index is 9.83. The molecule has 0 saturated carbocycles. The van der Waals surface area contributed by atoms with Gasteiger partial charge < -0.3 is 10.5 Å². The highest BCUT2D eigenvalue weighted by Gasteiger charge is 2.19. The molecule has 1 aliphatic heterocycles. The molecule has 1 unspecified atom stereocenters. The first kappa shape index (κ1) is 10.9. The van der Waals surface area contributed by atoms with Crippen molar-refractivity contribution in [3.63, 3.8) is 0 Å². The molecule has 0 saturated heterocycles. The van der Waals surface area contributed by atoms with Gasteiger partial charge in [-0.3, -0.25) is 0 Å². The third-order valence-corrected chi connectivity index (χ3v) is 3.05. The highest BCUT2D eigenvalue weighted by Crippen LogP contribution is 2.29. The van der Waals surface area contributed by atoms with Crippen LogP contribution in [0, 0.1) is 0 Å². The summed E-state index contributed by atoms with van der Waals surface area (Å²) in [5.41, 5.74) is 9.34. The molecule has 0 amide bonds. The molecule has 0 spiro atoms. The van der Waals surface area contributed by atoms with E-state index in [0.29, 0.717) is 5.75 Å². The highest BCUT2D eigenvalue weighted by atomic mass is 16.3. The maximum absolute atomic E-state index is 9.83. The molecule has 1 aliphatic rings. The van der Waals surface area contributed by atoms with Crippen molar-refractivity contribution in [2.45, 2.75) is 6.04 Å². The largest absolute Gasteiger partial charge is 0.508 e. The van der Waals surface area contributed by atoms with E-state index in [0.717, 1.165) is 16.8 Å². The zero-order valence-electron chi connectivity index (χ0n) is 9.80. The fourth-order valence-electron chi connectivity index (χ4n) is 2.11. The van der Waals surface area contributed by atoms with Crippen molar-refractivity contribution in [1.29, 1.82) is 0 Å². The van der Waals surface area contributed by atoms with E-state index in [-0.39, 0.29) is 6.04 Å². The lowest BCUT2D eigenvalue weighted by atomic mass is 10.0. The van der Waals surface area contributed by atoms with E-state index < -0.39 is 0 Å². The topological polar surface area (TPSA) is 44.3 Å². The molecule has 0 fully saturated rings. The van der Waals surface area contributed by atoms with Gasteiger partial charge in [-0.2, -0.15) is 0 Å². The van der Waals surface area contributed by atoms with Crippen LogP contribution in [-0.4, -0.2) is 5.11 Å². The minimum absolute atomic E-state index is 0.0126. The Balaban J connectivity index is 1.91. The molecule has 0 aliphatic carbocycles. The highest BCUT2D eigenvalue weighted by molar-refractivity contribution is 5.66. The quantitative estimate of drug-likeness (QED) is 0.753. The van der Waals surface area contributed by atoms with Crippen molar-refractivity contribution in [3.05, 3.63) is 71.8 Å². The van der Waals surface area contributed by atoms with Gasteiger partial charge in [-0.25, -0.2) is 5.43 Å². The predicted molar refractivity (Wildman–Crippen MR) is 71.5 cm³/mol. The predicted octanol–water partition coefficient (Wildman–Crippen LogP) is 2.58. The Labute approximate surface area is 106 Å². The second-order valence-electron chi connectivity index (χ2n) is 4.25. The van der Waals surface area contributed by atoms with Gasteiger partial charge in [0.05, 0.1) is 11.7 Å². The van der Waals surface area contributed by atoms with Gasteiger partial charge in [-0.15, -0.1) is 0 Å². The average Bonchev–Trinajstić information content (AvgIpc) is 2.90. The summed E-state index contributed by atoms with van der Waals surface area (Å²) in [7, 11) is 0. The van der Waals surface area contributed by atoms with Crippen molar-refractivity contribution in [2.75, 3.05) is 0 Å². The molecule has 3 heteroatoms. The SMILES string of the molecule is Oc1ccccc1C1C=C(c2ccccc2)NN1. The molecule has 2 aromatic rings. The molecule has 3 nitrogen and oxygen atoms in total. The van der Waals surface area contributed by atoms with Crippen molar-refractivity contribution in [3.8, 4) is 5.75 Å². The molecule has 0 aromatic heterocycles. The first-order valence-electron chi connectivity index (χ1n) is 5.91. The first-order chi connectivity index (χ1) is 8.84. The van der Waals surface area contributed by atoms with Crippen LogP contribution in [0.15, 0.2) is 60.7 Å². The van der Waals surface area contributed by atoms with Gasteiger partial charge >= 0.3 is 0 Å². The van der Waals surface area contributed by atoms with Crippen molar-refractivity contribution in [1.82, 2.24) is 10.9 Å². The van der Waals surface area contributed by atoms with Gasteiger partial charge in [0, 0.05) is 5.56 Å². The van der Waals surface area contributed by atoms with E-state index in [1.807, 2.05) is 48.5 Å². The summed E-state index contributed by atoms with van der Waals surface area (Å²) in [6, 6.07) is 17.4. The Morgan fingerprint density at radius 2 is 1.61 bits per heavy atom. The molecule has 2 aromatic carbocycles. The summed E-state index contributed by atoms with van der Waals surface area (Å²) in [4.78, 5) is 0. The number of phenols is 1. The molecule has 3 N–H and O–H groups in total. The second kappa shape index (κ2) is 4.55. The van der Waals surface area contributed by atoms with Crippen LogP contribution >= 0.6 is 0 Å². The molecular formula is C15H14N2O. The van der Waals surface area contributed by atoms with Crippen molar-refractivity contribution >= 4 is 5.70 Å². The molecular weight excluding hydrogens is 224 g/mol. The summed E-state index contributed by atoms with van der Waals surface area (Å²) in [6.07, 6.45) is 2.07. The Hall–Kier alpha value is -2.26. The molecule has 1 atom stereocenters. The van der Waals surface area contributed by atoms with E-state index in [9.17, 15) is 5.11 Å². The van der Waals surface area contributed by atoms with Crippen LogP contribution in [0.2, 0.25) is 0 Å². The lowest BCUT2D eigenvalue weighted by molar-refractivity contribution is 0.459. The minimum atomic E-state index is -0.0126. The number of aromatic hydroxyl groups is 1. The van der Waals surface area contributed by atoms with Gasteiger partial charge in [-0.1, -0.05) is 48.5 Å². The average molecular weight is 238 g/mol. The third kappa shape index (κ3) is 1.96. The maximum Gasteiger partial charge on any atom is 0.120 e. The number of hydrogen-bond acceptors (Lipinski definition) is 3. The Kier molecular flexibility index (Phi) is 2.74. The Morgan fingerprint density at radius 1 is 0.889 bits per heavy atom. The molecule has 1 heterocycles. The first-order valence-corrected chi connectivity index (χ1v) is 5.91. The monoisotopic (exact) mass is 238 g/mol. The summed E-state index contributed by atoms with van der Waals surface area (Å²) in [5.74, 6) is 0.308. The molecule has 18 heavy (non-hydrogen) atoms. The lowest BCUT2D eigenvalue weighted by Gasteiger charge is -2.10. The second-order valence-corrected chi connectivity index (χ2v) is 4.25. The Bertz CT molecular complexity index is 578. The standard InChI is InChI=1S/C15H14N2O/c18-15-9-5-4-8-12(15)14-10-13(16-17-14)11-6-2-1-3-7-11/h1-10,14,16-18H. The number of hydrazine groups is 1. The van der Waals surface area contributed by atoms with E-state index in [1.165, 1.54) is 0 Å². The summed E-state index contributed by atoms with van der Waals surface area (Å²) in [5, 5.41) is 9.83. The Morgan fingerprint density at radius 3 is 2.39 bits per heavy atom. The summed E-state index contributed by atoms with van der Waals surface area (Å²) >= 11 is 0. The van der Waals surface area contributed by atoms with E-state index >= 15 is 0 Å². The van der Waals surface area contributed by atoms with Crippen LogP contribution in [0.4, 0.5) is 0 Å². The number of nitrogens with one attached hydrogen (secondary N) is 2. The molecule has 3 rings (SSSR count). The molecule has 90 valence electrons. The van der Waals surface area contributed by atoms with Crippen molar-refractivity contribution in [2.24, 2.45) is 0 Å². The smallest absolute Gasteiger partial charge is 0.120 e. The number of phenolic OH excluding ortho intramolecular Hbond substituents is 1.